The first kappa shape index (κ1) is 14.0. The molecular formula is C13H12BrNO3S. The van der Waals surface area contributed by atoms with Gasteiger partial charge in [-0.05, 0) is 43.3 Å². The Kier molecular flexibility index (Phi) is 3.93. The van der Waals surface area contributed by atoms with E-state index in [1.807, 2.05) is 6.92 Å². The summed E-state index contributed by atoms with van der Waals surface area (Å²) in [4.78, 5) is 0.0449. The maximum Gasteiger partial charge on any atom is 0.286 e. The predicted octanol–water partition coefficient (Wildman–Crippen LogP) is 3.34. The third-order valence-corrected chi connectivity index (χ3v) is 4.66. The van der Waals surface area contributed by atoms with Crippen LogP contribution in [0.3, 0.4) is 0 Å². The van der Waals surface area contributed by atoms with Gasteiger partial charge in [0, 0.05) is 4.47 Å². The molecule has 0 spiro atoms. The van der Waals surface area contributed by atoms with Crippen LogP contribution in [0.5, 0.6) is 0 Å². The molecule has 2 aromatic carbocycles. The number of nitrogens with zero attached hydrogens (tertiary/aromatic N) is 1. The molecule has 6 heteroatoms. The van der Waals surface area contributed by atoms with Crippen molar-refractivity contribution in [1.82, 2.24) is 0 Å². The van der Waals surface area contributed by atoms with Crippen LogP contribution in [0.2, 0.25) is 0 Å². The number of hydrogen-bond acceptors (Lipinski definition) is 3. The van der Waals surface area contributed by atoms with Crippen molar-refractivity contribution in [3.63, 3.8) is 0 Å². The molecule has 1 N–H and O–H groups in total. The Morgan fingerprint density at radius 1 is 1.00 bits per heavy atom. The van der Waals surface area contributed by atoms with Crippen molar-refractivity contribution in [2.24, 2.45) is 0 Å². The van der Waals surface area contributed by atoms with Gasteiger partial charge in [-0.2, -0.15) is 8.42 Å². The SMILES string of the molecule is Cc1ccc(S(=O)(=O)N(O)c2ccc(Br)cc2)cc1. The molecule has 0 bridgehead atoms. The van der Waals surface area contributed by atoms with E-state index in [0.29, 0.717) is 0 Å². The maximum absolute atomic E-state index is 12.2. The standard InChI is InChI=1S/C13H12BrNO3S/c1-10-2-8-13(9-3-10)19(17,18)15(16)12-6-4-11(14)5-7-12/h2-9,16H,1H3. The maximum atomic E-state index is 12.2. The molecular weight excluding hydrogens is 330 g/mol. The Hall–Kier alpha value is -1.37. The van der Waals surface area contributed by atoms with Crippen molar-refractivity contribution in [3.8, 4) is 0 Å². The molecule has 19 heavy (non-hydrogen) atoms. The summed E-state index contributed by atoms with van der Waals surface area (Å²) in [7, 11) is -3.95. The zero-order chi connectivity index (χ0) is 14.0. The molecule has 0 aliphatic carbocycles. The van der Waals surface area contributed by atoms with Crippen molar-refractivity contribution in [1.29, 1.82) is 0 Å². The molecule has 4 nitrogen and oxygen atoms in total. The van der Waals surface area contributed by atoms with Gasteiger partial charge in [-0.3, -0.25) is 5.21 Å². The van der Waals surface area contributed by atoms with Gasteiger partial charge in [0.15, 0.2) is 0 Å². The van der Waals surface area contributed by atoms with Gasteiger partial charge in [0.2, 0.25) is 0 Å². The lowest BCUT2D eigenvalue weighted by molar-refractivity contribution is 0.316. The van der Waals surface area contributed by atoms with E-state index < -0.39 is 10.0 Å². The number of anilines is 1. The molecule has 0 aliphatic heterocycles. The van der Waals surface area contributed by atoms with E-state index in [1.54, 1.807) is 24.3 Å². The summed E-state index contributed by atoms with van der Waals surface area (Å²) in [6, 6.07) is 12.6. The lowest BCUT2D eigenvalue weighted by Crippen LogP contribution is -2.27. The van der Waals surface area contributed by atoms with Crippen LogP contribution >= 0.6 is 15.9 Å². The largest absolute Gasteiger partial charge is 0.286 e. The van der Waals surface area contributed by atoms with Crippen LogP contribution in [0.25, 0.3) is 0 Å². The molecule has 0 heterocycles. The molecule has 2 aromatic rings. The number of hydrogen-bond donors (Lipinski definition) is 1. The Bertz CT molecular complexity index is 666. The minimum Gasteiger partial charge on any atom is -0.274 e. The quantitative estimate of drug-likeness (QED) is 0.871. The van der Waals surface area contributed by atoms with Crippen LogP contribution in [0, 0.1) is 6.92 Å². The highest BCUT2D eigenvalue weighted by molar-refractivity contribution is 9.10. The van der Waals surface area contributed by atoms with Gasteiger partial charge in [-0.25, -0.2) is 0 Å². The minimum atomic E-state index is -3.95. The van der Waals surface area contributed by atoms with Crippen molar-refractivity contribution in [2.75, 3.05) is 4.47 Å². The van der Waals surface area contributed by atoms with Crippen molar-refractivity contribution >= 4 is 31.6 Å². The Balaban J connectivity index is 2.39. The lowest BCUT2D eigenvalue weighted by Gasteiger charge is -2.17. The summed E-state index contributed by atoms with van der Waals surface area (Å²) >= 11 is 3.25. The molecule has 2 rings (SSSR count). The molecule has 0 fully saturated rings. The number of benzene rings is 2. The first-order valence-corrected chi connectivity index (χ1v) is 7.71. The van der Waals surface area contributed by atoms with Gasteiger partial charge in [-0.1, -0.05) is 33.6 Å². The summed E-state index contributed by atoms with van der Waals surface area (Å²) in [6.45, 7) is 1.86. The summed E-state index contributed by atoms with van der Waals surface area (Å²) in [6.07, 6.45) is 0. The summed E-state index contributed by atoms with van der Waals surface area (Å²) < 4.78 is 25.5. The smallest absolute Gasteiger partial charge is 0.274 e. The van der Waals surface area contributed by atoms with Gasteiger partial charge in [0.05, 0.1) is 10.6 Å². The van der Waals surface area contributed by atoms with Gasteiger partial charge in [0.25, 0.3) is 10.0 Å². The third kappa shape index (κ3) is 2.97. The first-order valence-electron chi connectivity index (χ1n) is 5.48. The predicted molar refractivity (Wildman–Crippen MR) is 76.8 cm³/mol. The number of sulfonamides is 1. The second-order valence-corrected chi connectivity index (χ2v) is 6.72. The van der Waals surface area contributed by atoms with E-state index in [4.69, 9.17) is 0 Å². The van der Waals surface area contributed by atoms with Crippen LogP contribution in [-0.2, 0) is 10.0 Å². The highest BCUT2D eigenvalue weighted by atomic mass is 79.9. The highest BCUT2D eigenvalue weighted by Crippen LogP contribution is 2.23. The molecule has 0 unspecified atom stereocenters. The van der Waals surface area contributed by atoms with Gasteiger partial charge < -0.3 is 0 Å². The van der Waals surface area contributed by atoms with Gasteiger partial charge >= 0.3 is 0 Å². The summed E-state index contributed by atoms with van der Waals surface area (Å²) in [5.41, 5.74) is 1.14. The molecule has 0 saturated carbocycles. The van der Waals surface area contributed by atoms with Crippen molar-refractivity contribution in [3.05, 3.63) is 58.6 Å². The third-order valence-electron chi connectivity index (χ3n) is 2.59. The molecule has 0 saturated heterocycles. The minimum absolute atomic E-state index is 0.0449. The van der Waals surface area contributed by atoms with Crippen LogP contribution in [0.4, 0.5) is 5.69 Å². The molecule has 0 atom stereocenters. The zero-order valence-electron chi connectivity index (χ0n) is 10.1. The Morgan fingerprint density at radius 2 is 1.53 bits per heavy atom. The average molecular weight is 342 g/mol. The van der Waals surface area contributed by atoms with E-state index in [2.05, 4.69) is 15.9 Å². The van der Waals surface area contributed by atoms with Crippen LogP contribution < -0.4 is 4.47 Å². The number of rotatable bonds is 3. The van der Waals surface area contributed by atoms with Crippen LogP contribution in [0.1, 0.15) is 5.56 Å². The molecule has 0 radical (unpaired) electrons. The van der Waals surface area contributed by atoms with Crippen LogP contribution in [-0.4, -0.2) is 13.6 Å². The first-order chi connectivity index (χ1) is 8.91. The Labute approximate surface area is 120 Å². The zero-order valence-corrected chi connectivity index (χ0v) is 12.5. The molecule has 100 valence electrons. The van der Waals surface area contributed by atoms with Crippen molar-refractivity contribution < 1.29 is 13.6 Å². The molecule has 0 aromatic heterocycles. The Morgan fingerprint density at radius 3 is 2.05 bits per heavy atom. The van der Waals surface area contributed by atoms with Gasteiger partial charge in [0.1, 0.15) is 0 Å². The fraction of sp³-hybridized carbons (Fsp3) is 0.0769. The second kappa shape index (κ2) is 5.32. The molecule has 0 amide bonds. The van der Waals surface area contributed by atoms with E-state index in [1.165, 1.54) is 24.3 Å². The molecule has 0 aliphatic rings. The monoisotopic (exact) mass is 341 g/mol. The normalized spacial score (nSPS) is 11.3. The summed E-state index contributed by atoms with van der Waals surface area (Å²) in [5.74, 6) is 0. The fourth-order valence-corrected chi connectivity index (χ4v) is 2.86. The lowest BCUT2D eigenvalue weighted by atomic mass is 10.2. The van der Waals surface area contributed by atoms with Crippen molar-refractivity contribution in [2.45, 2.75) is 11.8 Å². The van der Waals surface area contributed by atoms with E-state index in [0.717, 1.165) is 10.0 Å². The van der Waals surface area contributed by atoms with E-state index >= 15 is 0 Å². The van der Waals surface area contributed by atoms with Crippen LogP contribution in [0.15, 0.2) is 57.9 Å². The summed E-state index contributed by atoms with van der Waals surface area (Å²) in [5, 5.41) is 9.89. The van der Waals surface area contributed by atoms with E-state index in [9.17, 15) is 13.6 Å². The average Bonchev–Trinajstić information content (AvgIpc) is 2.39. The topological polar surface area (TPSA) is 57.6 Å². The van der Waals surface area contributed by atoms with E-state index in [-0.39, 0.29) is 15.1 Å². The highest BCUT2D eigenvalue weighted by Gasteiger charge is 2.23. The number of aryl methyl sites for hydroxylation is 1. The fourth-order valence-electron chi connectivity index (χ4n) is 1.52. The second-order valence-electron chi connectivity index (χ2n) is 4.04. The number of halogens is 1. The van der Waals surface area contributed by atoms with Gasteiger partial charge in [-0.15, -0.1) is 4.47 Å².